The average molecular weight is 435 g/mol. The van der Waals surface area contributed by atoms with E-state index in [0.717, 1.165) is 20.8 Å². The summed E-state index contributed by atoms with van der Waals surface area (Å²) in [5.41, 5.74) is 3.23. The maximum Gasteiger partial charge on any atom is 0.283 e. The van der Waals surface area contributed by atoms with Crippen molar-refractivity contribution < 1.29 is 17.9 Å². The summed E-state index contributed by atoms with van der Waals surface area (Å²) in [4.78, 5) is 0.160. The van der Waals surface area contributed by atoms with Gasteiger partial charge in [0.2, 0.25) is 5.88 Å². The molecule has 0 spiro atoms. The van der Waals surface area contributed by atoms with E-state index in [1.165, 1.54) is 6.20 Å². The third-order valence-electron chi connectivity index (χ3n) is 4.82. The number of hydrogen-bond acceptors (Lipinski definition) is 5. The predicted octanol–water partition coefficient (Wildman–Crippen LogP) is 4.68. The summed E-state index contributed by atoms with van der Waals surface area (Å²) in [6.07, 6.45) is 1.48. The van der Waals surface area contributed by atoms with Crippen LogP contribution in [0.25, 0.3) is 11.1 Å². The molecule has 0 N–H and O–H groups in total. The fourth-order valence-corrected chi connectivity index (χ4v) is 4.22. The molecule has 0 amide bonds. The van der Waals surface area contributed by atoms with Gasteiger partial charge in [0.25, 0.3) is 10.0 Å². The smallest absolute Gasteiger partial charge is 0.283 e. The summed E-state index contributed by atoms with van der Waals surface area (Å²) in [5.74, 6) is 0.883. The van der Waals surface area contributed by atoms with Crippen LogP contribution in [0.5, 0.6) is 11.6 Å². The van der Waals surface area contributed by atoms with E-state index in [4.69, 9.17) is 9.47 Å². The molecule has 0 saturated heterocycles. The number of hydrogen-bond donors (Lipinski definition) is 0. The molecule has 1 aromatic heterocycles. The minimum absolute atomic E-state index is 0.160. The number of nitrogens with zero attached hydrogens (tertiary/aromatic N) is 2. The highest BCUT2D eigenvalue weighted by molar-refractivity contribution is 7.89. The van der Waals surface area contributed by atoms with Gasteiger partial charge in [-0.05, 0) is 42.3 Å². The molecule has 4 aromatic rings. The van der Waals surface area contributed by atoms with Crippen molar-refractivity contribution in [3.63, 3.8) is 0 Å². The zero-order chi connectivity index (χ0) is 21.8. The zero-order valence-electron chi connectivity index (χ0n) is 17.2. The molecule has 0 radical (unpaired) electrons. The molecule has 0 bridgehead atoms. The molecule has 0 aliphatic heterocycles. The maximum atomic E-state index is 13.2. The number of benzene rings is 3. The van der Waals surface area contributed by atoms with Gasteiger partial charge in [0.15, 0.2) is 0 Å². The van der Waals surface area contributed by atoms with Gasteiger partial charge < -0.3 is 9.47 Å². The molecule has 0 saturated carbocycles. The first-order chi connectivity index (χ1) is 15.0. The van der Waals surface area contributed by atoms with Crippen LogP contribution in [-0.2, 0) is 16.6 Å². The lowest BCUT2D eigenvalue weighted by Crippen LogP contribution is -2.13. The summed E-state index contributed by atoms with van der Waals surface area (Å²) in [6, 6.07) is 23.6. The van der Waals surface area contributed by atoms with Crippen molar-refractivity contribution >= 4 is 10.0 Å². The Hall–Kier alpha value is -3.58. The van der Waals surface area contributed by atoms with Gasteiger partial charge in [-0.2, -0.15) is 12.5 Å². The largest absolute Gasteiger partial charge is 0.497 e. The standard InChI is InChI=1S/C24H22N2O4S/c1-18-11-13-22(14-12-18)31(27,28)26-16-23(20-9-6-10-21(15-20)29-2)24(25-26)30-17-19-7-4-3-5-8-19/h3-16H,17H2,1-2H3. The summed E-state index contributed by atoms with van der Waals surface area (Å²) < 4.78 is 38.5. The summed E-state index contributed by atoms with van der Waals surface area (Å²) in [5, 5.41) is 4.29. The Morgan fingerprint density at radius 1 is 0.935 bits per heavy atom. The van der Waals surface area contributed by atoms with Crippen LogP contribution in [0.4, 0.5) is 0 Å². The molecule has 4 rings (SSSR count). The van der Waals surface area contributed by atoms with E-state index in [-0.39, 0.29) is 17.4 Å². The Balaban J connectivity index is 1.76. The Bertz CT molecular complexity index is 1280. The molecule has 1 heterocycles. The molecule has 0 fully saturated rings. The van der Waals surface area contributed by atoms with E-state index in [1.807, 2.05) is 61.5 Å². The summed E-state index contributed by atoms with van der Waals surface area (Å²) in [6.45, 7) is 2.17. The fraction of sp³-hybridized carbons (Fsp3) is 0.125. The first-order valence-electron chi connectivity index (χ1n) is 9.70. The number of rotatable bonds is 7. The molecule has 6 nitrogen and oxygen atoms in total. The molecule has 3 aromatic carbocycles. The molecule has 0 atom stereocenters. The van der Waals surface area contributed by atoms with Gasteiger partial charge in [-0.3, -0.25) is 0 Å². The second-order valence-corrected chi connectivity index (χ2v) is 8.84. The van der Waals surface area contributed by atoms with Crippen molar-refractivity contribution in [3.8, 4) is 22.8 Å². The van der Waals surface area contributed by atoms with Gasteiger partial charge in [-0.25, -0.2) is 0 Å². The predicted molar refractivity (Wildman–Crippen MR) is 119 cm³/mol. The van der Waals surface area contributed by atoms with E-state index in [2.05, 4.69) is 5.10 Å². The van der Waals surface area contributed by atoms with Gasteiger partial charge in [-0.1, -0.05) is 60.2 Å². The highest BCUT2D eigenvalue weighted by Crippen LogP contribution is 2.33. The Kier molecular flexibility index (Phi) is 5.77. The fourth-order valence-electron chi connectivity index (χ4n) is 3.10. The van der Waals surface area contributed by atoms with Crippen LogP contribution in [0.15, 0.2) is 90.0 Å². The summed E-state index contributed by atoms with van der Waals surface area (Å²) in [7, 11) is -2.29. The molecule has 158 valence electrons. The van der Waals surface area contributed by atoms with Crippen LogP contribution < -0.4 is 9.47 Å². The molecule has 0 aliphatic rings. The number of aromatic nitrogens is 2. The Morgan fingerprint density at radius 3 is 2.39 bits per heavy atom. The van der Waals surface area contributed by atoms with Crippen molar-refractivity contribution in [2.45, 2.75) is 18.4 Å². The third-order valence-corrected chi connectivity index (χ3v) is 6.37. The lowest BCUT2D eigenvalue weighted by molar-refractivity contribution is 0.293. The quantitative estimate of drug-likeness (QED) is 0.422. The van der Waals surface area contributed by atoms with Crippen LogP contribution in [0.3, 0.4) is 0 Å². The van der Waals surface area contributed by atoms with Crippen molar-refractivity contribution in [1.29, 1.82) is 0 Å². The van der Waals surface area contributed by atoms with E-state index in [9.17, 15) is 8.42 Å². The second-order valence-electron chi connectivity index (χ2n) is 7.04. The van der Waals surface area contributed by atoms with E-state index >= 15 is 0 Å². The zero-order valence-corrected chi connectivity index (χ0v) is 18.0. The van der Waals surface area contributed by atoms with Crippen LogP contribution >= 0.6 is 0 Å². The van der Waals surface area contributed by atoms with Crippen LogP contribution in [0.2, 0.25) is 0 Å². The van der Waals surface area contributed by atoms with E-state index < -0.39 is 10.0 Å². The molecule has 0 aliphatic carbocycles. The monoisotopic (exact) mass is 434 g/mol. The van der Waals surface area contributed by atoms with Gasteiger partial charge in [0, 0.05) is 0 Å². The molecular weight excluding hydrogens is 412 g/mol. The molecule has 7 heteroatoms. The van der Waals surface area contributed by atoms with E-state index in [0.29, 0.717) is 11.3 Å². The van der Waals surface area contributed by atoms with Crippen molar-refractivity contribution in [1.82, 2.24) is 9.19 Å². The van der Waals surface area contributed by atoms with Crippen molar-refractivity contribution in [3.05, 3.63) is 96.2 Å². The second kappa shape index (κ2) is 8.65. The first-order valence-corrected chi connectivity index (χ1v) is 11.1. The van der Waals surface area contributed by atoms with Gasteiger partial charge in [0.1, 0.15) is 12.4 Å². The van der Waals surface area contributed by atoms with Gasteiger partial charge >= 0.3 is 0 Å². The Morgan fingerprint density at radius 2 is 1.68 bits per heavy atom. The number of aryl methyl sites for hydroxylation is 1. The molecule has 0 unspecified atom stereocenters. The normalized spacial score (nSPS) is 11.3. The van der Waals surface area contributed by atoms with Gasteiger partial charge in [-0.15, -0.1) is 5.10 Å². The number of ether oxygens (including phenoxy) is 2. The highest BCUT2D eigenvalue weighted by Gasteiger charge is 2.23. The van der Waals surface area contributed by atoms with Gasteiger partial charge in [0.05, 0.1) is 23.8 Å². The summed E-state index contributed by atoms with van der Waals surface area (Å²) >= 11 is 0. The minimum atomic E-state index is -3.87. The lowest BCUT2D eigenvalue weighted by atomic mass is 10.1. The molecular formula is C24H22N2O4S. The highest BCUT2D eigenvalue weighted by atomic mass is 32.2. The first kappa shape index (κ1) is 20.7. The van der Waals surface area contributed by atoms with Crippen molar-refractivity contribution in [2.24, 2.45) is 0 Å². The minimum Gasteiger partial charge on any atom is -0.497 e. The third kappa shape index (κ3) is 4.46. The number of methoxy groups -OCH3 is 1. The SMILES string of the molecule is COc1cccc(-c2cn(S(=O)(=O)c3ccc(C)cc3)nc2OCc2ccccc2)c1. The van der Waals surface area contributed by atoms with Crippen LogP contribution in [0, 0.1) is 6.92 Å². The lowest BCUT2D eigenvalue weighted by Gasteiger charge is -2.07. The van der Waals surface area contributed by atoms with Crippen LogP contribution in [-0.4, -0.2) is 24.7 Å². The van der Waals surface area contributed by atoms with Crippen LogP contribution in [0.1, 0.15) is 11.1 Å². The van der Waals surface area contributed by atoms with E-state index in [1.54, 1.807) is 31.4 Å². The average Bonchev–Trinajstić information content (AvgIpc) is 3.24. The topological polar surface area (TPSA) is 70.4 Å². The maximum absolute atomic E-state index is 13.2. The Labute approximate surface area is 181 Å². The van der Waals surface area contributed by atoms with Crippen molar-refractivity contribution in [2.75, 3.05) is 7.11 Å². The molecule has 31 heavy (non-hydrogen) atoms.